The third-order valence-corrected chi connectivity index (χ3v) is 7.30. The first kappa shape index (κ1) is 17.5. The maximum atomic E-state index is 13.0. The van der Waals surface area contributed by atoms with E-state index in [2.05, 4.69) is 29.2 Å². The van der Waals surface area contributed by atoms with Crippen LogP contribution in [-0.2, 0) is 23.0 Å². The van der Waals surface area contributed by atoms with Crippen LogP contribution in [0.15, 0.2) is 47.4 Å². The average molecular weight is 372 g/mol. The summed E-state index contributed by atoms with van der Waals surface area (Å²) < 4.78 is 32.8. The van der Waals surface area contributed by atoms with Gasteiger partial charge < -0.3 is 4.74 Å². The van der Waals surface area contributed by atoms with Gasteiger partial charge in [-0.25, -0.2) is 8.42 Å². The molecule has 0 N–H and O–H groups in total. The van der Waals surface area contributed by atoms with Crippen molar-refractivity contribution >= 4 is 10.0 Å². The predicted octanol–water partition coefficient (Wildman–Crippen LogP) is 2.43. The van der Waals surface area contributed by atoms with Gasteiger partial charge in [0.1, 0.15) is 10.6 Å². The number of hydrogen-bond donors (Lipinski definition) is 0. The van der Waals surface area contributed by atoms with Crippen molar-refractivity contribution in [2.75, 3.05) is 26.7 Å². The molecule has 2 aliphatic rings. The van der Waals surface area contributed by atoms with Crippen LogP contribution >= 0.6 is 0 Å². The van der Waals surface area contributed by atoms with Crippen molar-refractivity contribution < 1.29 is 13.2 Å². The van der Waals surface area contributed by atoms with E-state index in [9.17, 15) is 8.42 Å². The zero-order chi connectivity index (χ0) is 18.3. The summed E-state index contributed by atoms with van der Waals surface area (Å²) in [7, 11) is -2.01. The summed E-state index contributed by atoms with van der Waals surface area (Å²) in [5.41, 5.74) is 3.69. The molecule has 138 valence electrons. The van der Waals surface area contributed by atoms with Gasteiger partial charge in [-0.05, 0) is 42.2 Å². The first-order valence-corrected chi connectivity index (χ1v) is 10.4. The number of sulfonamides is 1. The van der Waals surface area contributed by atoms with E-state index in [0.717, 1.165) is 25.1 Å². The molecule has 26 heavy (non-hydrogen) atoms. The van der Waals surface area contributed by atoms with Crippen LogP contribution in [0, 0.1) is 6.92 Å². The lowest BCUT2D eigenvalue weighted by Crippen LogP contribution is -2.61. The molecule has 0 atom stereocenters. The number of benzene rings is 2. The molecule has 2 aromatic carbocycles. The van der Waals surface area contributed by atoms with Crippen LogP contribution in [0.4, 0.5) is 0 Å². The van der Waals surface area contributed by atoms with E-state index in [1.54, 1.807) is 16.4 Å². The molecule has 2 aliphatic heterocycles. The Bertz CT molecular complexity index is 920. The lowest BCUT2D eigenvalue weighted by molar-refractivity contribution is 0.0768. The summed E-state index contributed by atoms with van der Waals surface area (Å²) in [6.07, 6.45) is 1.03. The van der Waals surface area contributed by atoms with Crippen LogP contribution in [0.1, 0.15) is 16.7 Å². The van der Waals surface area contributed by atoms with Crippen LogP contribution in [-0.4, -0.2) is 50.4 Å². The Hall–Kier alpha value is -1.89. The third-order valence-electron chi connectivity index (χ3n) is 5.44. The molecule has 0 saturated carbocycles. The van der Waals surface area contributed by atoms with Crippen molar-refractivity contribution in [2.45, 2.75) is 30.8 Å². The molecule has 0 spiro atoms. The number of nitrogens with zero attached hydrogens (tertiary/aromatic N) is 2. The average Bonchev–Trinajstić information content (AvgIpc) is 2.60. The molecule has 6 heteroatoms. The van der Waals surface area contributed by atoms with Gasteiger partial charge >= 0.3 is 0 Å². The van der Waals surface area contributed by atoms with Crippen molar-refractivity contribution in [3.63, 3.8) is 0 Å². The van der Waals surface area contributed by atoms with Crippen molar-refractivity contribution in [1.29, 1.82) is 0 Å². The smallest absolute Gasteiger partial charge is 0.246 e. The summed E-state index contributed by atoms with van der Waals surface area (Å²) in [6.45, 7) is 4.87. The van der Waals surface area contributed by atoms with Gasteiger partial charge in [-0.15, -0.1) is 0 Å². The standard InChI is InChI=1S/C20H24N2O3S/c1-15-7-8-19(25-2)20(11-15)26(23,24)22-13-18(14-22)21-10-9-16-5-3-4-6-17(16)12-21/h3-8,11,18H,9-10,12-14H2,1-2H3. The maximum Gasteiger partial charge on any atom is 0.246 e. The Balaban J connectivity index is 1.47. The summed E-state index contributed by atoms with van der Waals surface area (Å²) in [4.78, 5) is 2.67. The van der Waals surface area contributed by atoms with Gasteiger partial charge in [-0.2, -0.15) is 4.31 Å². The monoisotopic (exact) mass is 372 g/mol. The molecule has 0 bridgehead atoms. The lowest BCUT2D eigenvalue weighted by atomic mass is 9.97. The van der Waals surface area contributed by atoms with Crippen LogP contribution < -0.4 is 4.74 Å². The quantitative estimate of drug-likeness (QED) is 0.827. The van der Waals surface area contributed by atoms with E-state index in [0.29, 0.717) is 18.8 Å². The Morgan fingerprint density at radius 1 is 1.08 bits per heavy atom. The second-order valence-corrected chi connectivity index (χ2v) is 9.03. The van der Waals surface area contributed by atoms with E-state index in [1.807, 2.05) is 13.0 Å². The zero-order valence-corrected chi connectivity index (χ0v) is 16.0. The highest BCUT2D eigenvalue weighted by Crippen LogP contribution is 2.32. The van der Waals surface area contributed by atoms with Gasteiger partial charge in [0.05, 0.1) is 7.11 Å². The van der Waals surface area contributed by atoms with E-state index >= 15 is 0 Å². The molecule has 1 saturated heterocycles. The van der Waals surface area contributed by atoms with Gasteiger partial charge in [0.2, 0.25) is 10.0 Å². The Labute approximate surface area is 155 Å². The Kier molecular flexibility index (Phi) is 4.50. The summed E-state index contributed by atoms with van der Waals surface area (Å²) in [6, 6.07) is 14.1. The minimum absolute atomic E-state index is 0.266. The number of fused-ring (bicyclic) bond motifs is 1. The van der Waals surface area contributed by atoms with Crippen molar-refractivity contribution in [1.82, 2.24) is 9.21 Å². The van der Waals surface area contributed by atoms with Crippen molar-refractivity contribution in [3.05, 3.63) is 59.2 Å². The largest absolute Gasteiger partial charge is 0.495 e. The molecule has 0 aromatic heterocycles. The fourth-order valence-electron chi connectivity index (χ4n) is 3.80. The molecule has 0 unspecified atom stereocenters. The molecule has 2 aromatic rings. The number of aryl methyl sites for hydroxylation is 1. The zero-order valence-electron chi connectivity index (χ0n) is 15.2. The van der Waals surface area contributed by atoms with E-state index < -0.39 is 10.0 Å². The summed E-state index contributed by atoms with van der Waals surface area (Å²) in [5, 5.41) is 0. The maximum absolute atomic E-state index is 13.0. The fourth-order valence-corrected chi connectivity index (χ4v) is 5.55. The molecule has 0 radical (unpaired) electrons. The molecular formula is C20H24N2O3S. The van der Waals surface area contributed by atoms with Crippen LogP contribution in [0.5, 0.6) is 5.75 Å². The molecule has 4 rings (SSSR count). The fraction of sp³-hybridized carbons (Fsp3) is 0.400. The summed E-state index contributed by atoms with van der Waals surface area (Å²) >= 11 is 0. The van der Waals surface area contributed by atoms with Gasteiger partial charge in [-0.3, -0.25) is 4.90 Å². The Morgan fingerprint density at radius 2 is 1.81 bits per heavy atom. The SMILES string of the molecule is COc1ccc(C)cc1S(=O)(=O)N1CC(N2CCc3ccccc3C2)C1. The molecule has 5 nitrogen and oxygen atoms in total. The minimum Gasteiger partial charge on any atom is -0.495 e. The topological polar surface area (TPSA) is 49.9 Å². The number of methoxy groups -OCH3 is 1. The Morgan fingerprint density at radius 3 is 2.54 bits per heavy atom. The van der Waals surface area contributed by atoms with Gasteiger partial charge in [0.25, 0.3) is 0 Å². The van der Waals surface area contributed by atoms with Gasteiger partial charge in [0.15, 0.2) is 0 Å². The summed E-state index contributed by atoms with van der Waals surface area (Å²) in [5.74, 6) is 0.408. The number of ether oxygens (including phenoxy) is 1. The second kappa shape index (κ2) is 6.68. The molecule has 0 aliphatic carbocycles. The molecule has 0 amide bonds. The number of hydrogen-bond acceptors (Lipinski definition) is 4. The normalized spacial score (nSPS) is 19.0. The molecule has 2 heterocycles. The van der Waals surface area contributed by atoms with Gasteiger partial charge in [0, 0.05) is 32.2 Å². The predicted molar refractivity (Wildman–Crippen MR) is 101 cm³/mol. The van der Waals surface area contributed by atoms with Crippen LogP contribution in [0.25, 0.3) is 0 Å². The first-order valence-electron chi connectivity index (χ1n) is 8.94. The van der Waals surface area contributed by atoms with Crippen molar-refractivity contribution in [3.8, 4) is 5.75 Å². The van der Waals surface area contributed by atoms with Crippen LogP contribution in [0.2, 0.25) is 0 Å². The highest BCUT2D eigenvalue weighted by Gasteiger charge is 2.41. The highest BCUT2D eigenvalue weighted by molar-refractivity contribution is 7.89. The highest BCUT2D eigenvalue weighted by atomic mass is 32.2. The second-order valence-electron chi connectivity index (χ2n) is 7.12. The van der Waals surface area contributed by atoms with E-state index in [-0.39, 0.29) is 10.9 Å². The third kappa shape index (κ3) is 3.02. The lowest BCUT2D eigenvalue weighted by Gasteiger charge is -2.46. The molecular weight excluding hydrogens is 348 g/mol. The number of rotatable bonds is 4. The van der Waals surface area contributed by atoms with E-state index in [4.69, 9.17) is 4.74 Å². The van der Waals surface area contributed by atoms with Gasteiger partial charge in [-0.1, -0.05) is 30.3 Å². The molecule has 1 fully saturated rings. The van der Waals surface area contributed by atoms with Crippen molar-refractivity contribution in [2.24, 2.45) is 0 Å². The first-order chi connectivity index (χ1) is 12.5. The van der Waals surface area contributed by atoms with E-state index in [1.165, 1.54) is 18.2 Å². The van der Waals surface area contributed by atoms with Crippen LogP contribution in [0.3, 0.4) is 0 Å². The minimum atomic E-state index is -3.52.